The van der Waals surface area contributed by atoms with Crippen LogP contribution in [0, 0.1) is 0 Å². The van der Waals surface area contributed by atoms with Gasteiger partial charge in [-0.15, -0.1) is 0 Å². The summed E-state index contributed by atoms with van der Waals surface area (Å²) in [5.74, 6) is 0. The van der Waals surface area contributed by atoms with Crippen molar-refractivity contribution in [3.63, 3.8) is 0 Å². The highest BCUT2D eigenvalue weighted by atomic mass is 16.6. The Bertz CT molecular complexity index is 401. The Labute approximate surface area is 184 Å². The maximum absolute atomic E-state index is 9.90. The molecule has 5 nitrogen and oxygen atoms in total. The van der Waals surface area contributed by atoms with Crippen molar-refractivity contribution in [2.45, 2.75) is 128 Å². The van der Waals surface area contributed by atoms with E-state index in [4.69, 9.17) is 14.6 Å². The quantitative estimate of drug-likeness (QED) is 0.190. The molecule has 4 atom stereocenters. The van der Waals surface area contributed by atoms with Crippen molar-refractivity contribution < 1.29 is 24.8 Å². The monoisotopic (exact) mass is 428 g/mol. The van der Waals surface area contributed by atoms with Gasteiger partial charge in [-0.05, 0) is 32.1 Å². The van der Waals surface area contributed by atoms with E-state index in [1.54, 1.807) is 0 Å². The lowest BCUT2D eigenvalue weighted by molar-refractivity contribution is -0.0937. The van der Waals surface area contributed by atoms with Crippen molar-refractivity contribution in [2.24, 2.45) is 0 Å². The lowest BCUT2D eigenvalue weighted by Crippen LogP contribution is -2.42. The minimum Gasteiger partial charge on any atom is -0.394 e. The first-order chi connectivity index (χ1) is 14.7. The van der Waals surface area contributed by atoms with Gasteiger partial charge in [0, 0.05) is 6.61 Å². The largest absolute Gasteiger partial charge is 0.394 e. The number of hydrogen-bond donors (Lipinski definition) is 3. The van der Waals surface area contributed by atoms with Crippen molar-refractivity contribution in [3.8, 4) is 0 Å². The highest BCUT2D eigenvalue weighted by Gasteiger charge is 2.40. The number of hydrogen-bond acceptors (Lipinski definition) is 5. The van der Waals surface area contributed by atoms with Gasteiger partial charge in [0.2, 0.25) is 0 Å². The molecule has 1 aliphatic rings. The topological polar surface area (TPSA) is 79.2 Å². The Balaban J connectivity index is 1.86. The van der Waals surface area contributed by atoms with Gasteiger partial charge in [0.15, 0.2) is 0 Å². The molecule has 30 heavy (non-hydrogen) atoms. The standard InChI is InChI=1S/C25H48O5/c1-2-3-4-5-6-7-8-9-10-11-12-13-14-15-16-17-18-19-29-25-23(28)21-30-24(25)22(27)20-26/h13-14,22-28H,2-12,15-21H2,1H3/b14-13+/t22-,23+,24-,25-/m0/s1. The lowest BCUT2D eigenvalue weighted by Gasteiger charge is -2.23. The molecule has 0 spiro atoms. The predicted octanol–water partition coefficient (Wildman–Crippen LogP) is 4.91. The van der Waals surface area contributed by atoms with Gasteiger partial charge in [-0.1, -0.05) is 83.3 Å². The molecule has 178 valence electrons. The van der Waals surface area contributed by atoms with E-state index in [2.05, 4.69) is 19.1 Å². The smallest absolute Gasteiger partial charge is 0.114 e. The molecule has 0 radical (unpaired) electrons. The Morgan fingerprint density at radius 3 is 1.97 bits per heavy atom. The fourth-order valence-corrected chi connectivity index (χ4v) is 4.00. The van der Waals surface area contributed by atoms with E-state index >= 15 is 0 Å². The van der Waals surface area contributed by atoms with E-state index < -0.39 is 24.4 Å². The molecule has 0 unspecified atom stereocenters. The average Bonchev–Trinajstić information content (AvgIpc) is 3.12. The summed E-state index contributed by atoms with van der Waals surface area (Å²) in [6.07, 6.45) is 21.0. The molecule has 0 aromatic rings. The van der Waals surface area contributed by atoms with Crippen LogP contribution in [0.1, 0.15) is 103 Å². The number of aliphatic hydroxyl groups is 3. The van der Waals surface area contributed by atoms with Crippen LogP contribution in [0.2, 0.25) is 0 Å². The third-order valence-electron chi connectivity index (χ3n) is 5.95. The molecule has 1 fully saturated rings. The highest BCUT2D eigenvalue weighted by molar-refractivity contribution is 4.89. The summed E-state index contributed by atoms with van der Waals surface area (Å²) in [7, 11) is 0. The van der Waals surface area contributed by atoms with E-state index in [0.29, 0.717) is 6.61 Å². The molecule has 0 aromatic heterocycles. The summed E-state index contributed by atoms with van der Waals surface area (Å²) in [5.41, 5.74) is 0. The van der Waals surface area contributed by atoms with Crippen LogP contribution in [-0.2, 0) is 9.47 Å². The van der Waals surface area contributed by atoms with Gasteiger partial charge in [0.25, 0.3) is 0 Å². The average molecular weight is 429 g/mol. The molecule has 0 saturated carbocycles. The second kappa shape index (κ2) is 19.2. The second-order valence-corrected chi connectivity index (χ2v) is 8.74. The van der Waals surface area contributed by atoms with Crippen molar-refractivity contribution >= 4 is 0 Å². The summed E-state index contributed by atoms with van der Waals surface area (Å²) in [6.45, 7) is 2.58. The third-order valence-corrected chi connectivity index (χ3v) is 5.95. The van der Waals surface area contributed by atoms with Gasteiger partial charge in [0.1, 0.15) is 24.4 Å². The molecule has 5 heteroatoms. The van der Waals surface area contributed by atoms with Crippen LogP contribution in [-0.4, -0.2) is 59.6 Å². The number of ether oxygens (including phenoxy) is 2. The Kier molecular flexibility index (Phi) is 17.7. The first-order valence-electron chi connectivity index (χ1n) is 12.6. The fourth-order valence-electron chi connectivity index (χ4n) is 4.00. The van der Waals surface area contributed by atoms with Crippen LogP contribution in [0.3, 0.4) is 0 Å². The van der Waals surface area contributed by atoms with Crippen LogP contribution >= 0.6 is 0 Å². The number of aliphatic hydroxyl groups excluding tert-OH is 3. The Hall–Kier alpha value is -0.460. The van der Waals surface area contributed by atoms with Gasteiger partial charge < -0.3 is 24.8 Å². The van der Waals surface area contributed by atoms with Crippen molar-refractivity contribution in [3.05, 3.63) is 12.2 Å². The number of allylic oxidation sites excluding steroid dienone is 2. The first kappa shape index (κ1) is 27.6. The van der Waals surface area contributed by atoms with Crippen molar-refractivity contribution in [1.82, 2.24) is 0 Å². The fraction of sp³-hybridized carbons (Fsp3) is 0.920. The van der Waals surface area contributed by atoms with E-state index in [-0.39, 0.29) is 13.2 Å². The molecule has 1 aliphatic heterocycles. The first-order valence-corrected chi connectivity index (χ1v) is 12.6. The molecule has 1 saturated heterocycles. The van der Waals surface area contributed by atoms with E-state index in [9.17, 15) is 10.2 Å². The Morgan fingerprint density at radius 2 is 1.40 bits per heavy atom. The van der Waals surface area contributed by atoms with Gasteiger partial charge >= 0.3 is 0 Å². The van der Waals surface area contributed by atoms with Crippen molar-refractivity contribution in [1.29, 1.82) is 0 Å². The van der Waals surface area contributed by atoms with Gasteiger partial charge in [-0.2, -0.15) is 0 Å². The van der Waals surface area contributed by atoms with E-state index in [0.717, 1.165) is 25.7 Å². The second-order valence-electron chi connectivity index (χ2n) is 8.74. The van der Waals surface area contributed by atoms with Crippen LogP contribution < -0.4 is 0 Å². The number of rotatable bonds is 20. The predicted molar refractivity (Wildman–Crippen MR) is 123 cm³/mol. The van der Waals surface area contributed by atoms with Gasteiger partial charge in [-0.3, -0.25) is 0 Å². The molecule has 0 amide bonds. The molecule has 0 bridgehead atoms. The van der Waals surface area contributed by atoms with Crippen molar-refractivity contribution in [2.75, 3.05) is 19.8 Å². The maximum Gasteiger partial charge on any atom is 0.114 e. The molecule has 0 aliphatic carbocycles. The SMILES string of the molecule is CCCCCCCCCCCC/C=C/CCCCCO[C@@H]1[C@H]([C@@H](O)CO)OC[C@H]1O. The van der Waals surface area contributed by atoms with E-state index in [1.807, 2.05) is 0 Å². The summed E-state index contributed by atoms with van der Waals surface area (Å²) in [6, 6.07) is 0. The maximum atomic E-state index is 9.90. The van der Waals surface area contributed by atoms with Crippen LogP contribution in [0.25, 0.3) is 0 Å². The molecule has 1 heterocycles. The highest BCUT2D eigenvalue weighted by Crippen LogP contribution is 2.21. The molecular formula is C25H48O5. The number of unbranched alkanes of at least 4 members (excludes halogenated alkanes) is 13. The Morgan fingerprint density at radius 1 is 0.867 bits per heavy atom. The van der Waals surface area contributed by atoms with E-state index in [1.165, 1.54) is 70.6 Å². The zero-order valence-corrected chi connectivity index (χ0v) is 19.4. The normalized spacial score (nSPS) is 22.9. The molecule has 3 N–H and O–H groups in total. The van der Waals surface area contributed by atoms with Crippen LogP contribution in [0.15, 0.2) is 12.2 Å². The van der Waals surface area contributed by atoms with Gasteiger partial charge in [-0.25, -0.2) is 0 Å². The minimum absolute atomic E-state index is 0.149. The zero-order chi connectivity index (χ0) is 21.9. The lowest BCUT2D eigenvalue weighted by atomic mass is 10.1. The van der Waals surface area contributed by atoms with Crippen LogP contribution in [0.5, 0.6) is 0 Å². The summed E-state index contributed by atoms with van der Waals surface area (Å²) >= 11 is 0. The minimum atomic E-state index is -1.01. The third kappa shape index (κ3) is 13.1. The zero-order valence-electron chi connectivity index (χ0n) is 19.4. The summed E-state index contributed by atoms with van der Waals surface area (Å²) in [5, 5.41) is 28.7. The van der Waals surface area contributed by atoms with Gasteiger partial charge in [0.05, 0.1) is 13.2 Å². The summed E-state index contributed by atoms with van der Waals surface area (Å²) in [4.78, 5) is 0. The molecule has 1 rings (SSSR count). The van der Waals surface area contributed by atoms with Crippen LogP contribution in [0.4, 0.5) is 0 Å². The molecule has 0 aromatic carbocycles. The summed E-state index contributed by atoms with van der Waals surface area (Å²) < 4.78 is 11.0. The molecular weight excluding hydrogens is 380 g/mol.